The molecule has 1 saturated carbocycles. The fourth-order valence-electron chi connectivity index (χ4n) is 4.39. The first kappa shape index (κ1) is 24.8. The largest absolute Gasteiger partial charge is 0.383 e. The normalized spacial score (nSPS) is 15.9. The summed E-state index contributed by atoms with van der Waals surface area (Å²) in [6.07, 6.45) is 5.06. The number of nitrogens with zero attached hydrogens (tertiary/aromatic N) is 3. The fraction of sp³-hybridized carbons (Fsp3) is 0.440. The van der Waals surface area contributed by atoms with Crippen molar-refractivity contribution in [3.63, 3.8) is 0 Å². The molecule has 3 aromatic rings. The van der Waals surface area contributed by atoms with Crippen LogP contribution in [0.4, 0.5) is 0 Å². The third-order valence-electron chi connectivity index (χ3n) is 6.42. The molecule has 34 heavy (non-hydrogen) atoms. The number of fused-ring (bicyclic) bond motifs is 1. The molecule has 2 aromatic carbocycles. The van der Waals surface area contributed by atoms with Gasteiger partial charge in [0, 0.05) is 32.3 Å². The number of methoxy groups -OCH3 is 1. The second kappa shape index (κ2) is 10.5. The van der Waals surface area contributed by atoms with Gasteiger partial charge in [-0.2, -0.15) is 9.30 Å². The third kappa shape index (κ3) is 5.17. The molecule has 1 aromatic heterocycles. The predicted octanol–water partition coefficient (Wildman–Crippen LogP) is 4.35. The Kier molecular flexibility index (Phi) is 7.67. The van der Waals surface area contributed by atoms with E-state index in [9.17, 15) is 13.2 Å². The third-order valence-corrected chi connectivity index (χ3v) is 9.39. The lowest BCUT2D eigenvalue weighted by Crippen LogP contribution is -2.38. The Morgan fingerprint density at radius 2 is 1.85 bits per heavy atom. The first-order chi connectivity index (χ1) is 16.3. The molecular weight excluding hydrogens is 470 g/mol. The van der Waals surface area contributed by atoms with Gasteiger partial charge in [-0.25, -0.2) is 8.42 Å². The number of hydrogen-bond acceptors (Lipinski definition) is 5. The van der Waals surface area contributed by atoms with Gasteiger partial charge in [-0.15, -0.1) is 0 Å². The molecule has 0 radical (unpaired) electrons. The van der Waals surface area contributed by atoms with Crippen molar-refractivity contribution in [2.24, 2.45) is 4.99 Å². The number of aromatic nitrogens is 1. The van der Waals surface area contributed by atoms with E-state index >= 15 is 0 Å². The van der Waals surface area contributed by atoms with Crippen LogP contribution < -0.4 is 4.80 Å². The molecule has 0 bridgehead atoms. The number of sulfonamides is 1. The van der Waals surface area contributed by atoms with Gasteiger partial charge in [0.25, 0.3) is 5.91 Å². The minimum absolute atomic E-state index is 0.0363. The van der Waals surface area contributed by atoms with E-state index in [0.717, 1.165) is 47.9 Å². The van der Waals surface area contributed by atoms with Gasteiger partial charge in [0.15, 0.2) is 4.80 Å². The van der Waals surface area contributed by atoms with Crippen LogP contribution in [-0.4, -0.2) is 50.0 Å². The zero-order chi connectivity index (χ0) is 24.3. The summed E-state index contributed by atoms with van der Waals surface area (Å²) in [4.78, 5) is 18.1. The summed E-state index contributed by atoms with van der Waals surface area (Å²) in [5, 5.41) is 0. The lowest BCUT2D eigenvalue weighted by molar-refractivity contribution is 0.0997. The van der Waals surface area contributed by atoms with E-state index in [0.29, 0.717) is 23.5 Å². The number of hydrogen-bond donors (Lipinski definition) is 0. The van der Waals surface area contributed by atoms with Crippen molar-refractivity contribution in [3.8, 4) is 0 Å². The smallest absolute Gasteiger partial charge is 0.279 e. The van der Waals surface area contributed by atoms with Crippen molar-refractivity contribution in [2.75, 3.05) is 20.8 Å². The summed E-state index contributed by atoms with van der Waals surface area (Å²) in [5.41, 5.74) is 2.50. The summed E-state index contributed by atoms with van der Waals surface area (Å²) in [6.45, 7) is 3.11. The quantitative estimate of drug-likeness (QED) is 0.482. The molecule has 0 atom stereocenters. The summed E-state index contributed by atoms with van der Waals surface area (Å²) >= 11 is 1.46. The molecule has 0 N–H and O–H groups in total. The molecule has 182 valence electrons. The van der Waals surface area contributed by atoms with E-state index in [2.05, 4.69) is 11.1 Å². The number of amides is 1. The van der Waals surface area contributed by atoms with Crippen LogP contribution in [0.25, 0.3) is 10.2 Å². The van der Waals surface area contributed by atoms with E-state index in [1.807, 2.05) is 23.6 Å². The highest BCUT2D eigenvalue weighted by molar-refractivity contribution is 7.89. The molecule has 7 nitrogen and oxygen atoms in total. The Balaban J connectivity index is 1.61. The maximum absolute atomic E-state index is 13.1. The van der Waals surface area contributed by atoms with Crippen LogP contribution >= 0.6 is 11.3 Å². The standard InChI is InChI=1S/C25H31N3O4S2/c1-18-9-14-22-23(17-18)33-25(28(22)15-16-32-3)26-24(29)19-10-12-21(13-11-19)34(30,31)27(2)20-7-5-4-6-8-20/h9-14,17,20H,4-8,15-16H2,1-3H3. The maximum atomic E-state index is 13.1. The molecule has 0 spiro atoms. The number of thiazole rings is 1. The minimum Gasteiger partial charge on any atom is -0.383 e. The maximum Gasteiger partial charge on any atom is 0.279 e. The van der Waals surface area contributed by atoms with Crippen LogP contribution in [-0.2, 0) is 21.3 Å². The van der Waals surface area contributed by atoms with Crippen LogP contribution in [0.15, 0.2) is 52.4 Å². The van der Waals surface area contributed by atoms with Gasteiger partial charge in [0.05, 0.1) is 21.7 Å². The second-order valence-corrected chi connectivity index (χ2v) is 11.8. The first-order valence-electron chi connectivity index (χ1n) is 11.6. The highest BCUT2D eigenvalue weighted by atomic mass is 32.2. The molecule has 9 heteroatoms. The molecule has 1 amide bonds. The predicted molar refractivity (Wildman–Crippen MR) is 135 cm³/mol. The van der Waals surface area contributed by atoms with Crippen molar-refractivity contribution >= 4 is 37.5 Å². The summed E-state index contributed by atoms with van der Waals surface area (Å²) < 4.78 is 35.9. The van der Waals surface area contributed by atoms with E-state index in [4.69, 9.17) is 4.74 Å². The van der Waals surface area contributed by atoms with Gasteiger partial charge >= 0.3 is 0 Å². The minimum atomic E-state index is -3.60. The molecule has 1 aliphatic rings. The van der Waals surface area contributed by atoms with E-state index in [1.165, 1.54) is 27.8 Å². The molecule has 0 aliphatic heterocycles. The van der Waals surface area contributed by atoms with Crippen molar-refractivity contribution in [1.82, 2.24) is 8.87 Å². The number of rotatable bonds is 7. The fourth-order valence-corrected chi connectivity index (χ4v) is 6.96. The number of carbonyl (C=O) groups excluding carboxylic acids is 1. The molecule has 1 heterocycles. The van der Waals surface area contributed by atoms with Gasteiger partial charge in [-0.1, -0.05) is 36.7 Å². The van der Waals surface area contributed by atoms with Crippen LogP contribution in [0.2, 0.25) is 0 Å². The second-order valence-electron chi connectivity index (χ2n) is 8.75. The Morgan fingerprint density at radius 1 is 1.15 bits per heavy atom. The number of benzene rings is 2. The van der Waals surface area contributed by atoms with Gasteiger partial charge in [-0.05, 0) is 61.7 Å². The highest BCUT2D eigenvalue weighted by Crippen LogP contribution is 2.26. The zero-order valence-electron chi connectivity index (χ0n) is 19.9. The Labute approximate surface area is 204 Å². The zero-order valence-corrected chi connectivity index (χ0v) is 21.5. The molecular formula is C25H31N3O4S2. The van der Waals surface area contributed by atoms with Crippen LogP contribution in [0.1, 0.15) is 48.0 Å². The van der Waals surface area contributed by atoms with E-state index < -0.39 is 15.9 Å². The average Bonchev–Trinajstić information content (AvgIpc) is 3.18. The molecule has 1 aliphatic carbocycles. The van der Waals surface area contributed by atoms with Crippen molar-refractivity contribution in [2.45, 2.75) is 56.5 Å². The van der Waals surface area contributed by atoms with Gasteiger partial charge in [0.1, 0.15) is 0 Å². The molecule has 0 unspecified atom stereocenters. The molecule has 0 saturated heterocycles. The van der Waals surface area contributed by atoms with Gasteiger partial charge in [-0.3, -0.25) is 4.79 Å². The van der Waals surface area contributed by atoms with Crippen LogP contribution in [0.5, 0.6) is 0 Å². The number of aryl methyl sites for hydroxylation is 1. The van der Waals surface area contributed by atoms with Crippen LogP contribution in [0, 0.1) is 6.92 Å². The summed E-state index contributed by atoms with van der Waals surface area (Å²) in [6, 6.07) is 12.3. The van der Waals surface area contributed by atoms with E-state index in [1.54, 1.807) is 26.3 Å². The molecule has 1 fully saturated rings. The SMILES string of the molecule is COCCn1c(=NC(=O)c2ccc(S(=O)(=O)N(C)C3CCCCC3)cc2)sc2cc(C)ccc21. The van der Waals surface area contributed by atoms with Gasteiger partial charge < -0.3 is 9.30 Å². The van der Waals surface area contributed by atoms with Crippen molar-refractivity contribution < 1.29 is 17.9 Å². The lowest BCUT2D eigenvalue weighted by atomic mass is 9.96. The van der Waals surface area contributed by atoms with Crippen molar-refractivity contribution in [3.05, 3.63) is 58.4 Å². The number of carbonyl (C=O) groups is 1. The first-order valence-corrected chi connectivity index (χ1v) is 13.8. The van der Waals surface area contributed by atoms with Crippen molar-refractivity contribution in [1.29, 1.82) is 0 Å². The number of ether oxygens (including phenoxy) is 1. The van der Waals surface area contributed by atoms with Gasteiger partial charge in [0.2, 0.25) is 10.0 Å². The topological polar surface area (TPSA) is 81.0 Å². The Morgan fingerprint density at radius 3 is 2.53 bits per heavy atom. The van der Waals surface area contributed by atoms with Crippen LogP contribution in [0.3, 0.4) is 0 Å². The Hall–Kier alpha value is -2.33. The van der Waals surface area contributed by atoms with E-state index in [-0.39, 0.29) is 10.9 Å². The average molecular weight is 502 g/mol. The molecule has 4 rings (SSSR count). The Bertz CT molecular complexity index is 1330. The monoisotopic (exact) mass is 501 g/mol. The lowest BCUT2D eigenvalue weighted by Gasteiger charge is -2.30. The summed E-state index contributed by atoms with van der Waals surface area (Å²) in [5.74, 6) is -0.404. The summed E-state index contributed by atoms with van der Waals surface area (Å²) in [7, 11) is -0.307. The highest BCUT2D eigenvalue weighted by Gasteiger charge is 2.29.